The average molecular weight is 343 g/mol. The summed E-state index contributed by atoms with van der Waals surface area (Å²) in [6.07, 6.45) is 2.58. The predicted octanol–water partition coefficient (Wildman–Crippen LogP) is 4.35. The maximum absolute atomic E-state index is 7.78. The molecule has 1 aliphatic heterocycles. The number of fused-ring (bicyclic) bond motifs is 5. The third-order valence-electron chi connectivity index (χ3n) is 5.41. The van der Waals surface area contributed by atoms with Crippen molar-refractivity contribution >= 4 is 11.0 Å². The molecule has 5 rings (SSSR count). The van der Waals surface area contributed by atoms with Crippen molar-refractivity contribution < 1.29 is 8.68 Å². The van der Waals surface area contributed by atoms with Gasteiger partial charge in [-0.2, -0.15) is 0 Å². The van der Waals surface area contributed by atoms with Gasteiger partial charge in [-0.1, -0.05) is 18.2 Å². The smallest absolute Gasteiger partial charge is 0.212 e. The van der Waals surface area contributed by atoms with Crippen LogP contribution in [0.25, 0.3) is 28.0 Å². The summed E-state index contributed by atoms with van der Waals surface area (Å²) >= 11 is 0. The molecule has 0 amide bonds. The fourth-order valence-corrected chi connectivity index (χ4v) is 4.01. The summed E-state index contributed by atoms with van der Waals surface area (Å²) in [7, 11) is 1.91. The fraction of sp³-hybridized carbons (Fsp3) is 0.217. The Morgan fingerprint density at radius 2 is 1.92 bits per heavy atom. The largest absolute Gasteiger partial charge is 0.296 e. The summed E-state index contributed by atoms with van der Waals surface area (Å²) in [5, 5.41) is 0. The van der Waals surface area contributed by atoms with Crippen LogP contribution in [0.4, 0.5) is 0 Å². The van der Waals surface area contributed by atoms with Crippen molar-refractivity contribution in [1.29, 1.82) is 0 Å². The minimum Gasteiger partial charge on any atom is -0.296 e. The van der Waals surface area contributed by atoms with Crippen LogP contribution >= 0.6 is 0 Å². The normalized spacial score (nSPS) is 14.7. The van der Waals surface area contributed by atoms with Crippen molar-refractivity contribution in [3.05, 3.63) is 76.7 Å². The number of hydrogen-bond acceptors (Lipinski definition) is 1. The molecule has 4 aromatic rings. The molecule has 0 fully saturated rings. The second kappa shape index (κ2) is 5.28. The Bertz CT molecular complexity index is 1300. The van der Waals surface area contributed by atoms with Crippen LogP contribution in [-0.4, -0.2) is 9.55 Å². The van der Waals surface area contributed by atoms with Crippen LogP contribution in [0.15, 0.2) is 48.7 Å². The lowest BCUT2D eigenvalue weighted by molar-refractivity contribution is -0.660. The second-order valence-corrected chi connectivity index (χ2v) is 7.19. The summed E-state index contributed by atoms with van der Waals surface area (Å²) in [4.78, 5) is 4.87. The SMILES string of the molecule is [2H]C([2H])([2H])c1c[n+](C)c(-c2cc3c(cc2C)nc2n3-c3ccccc3C2)cc1C. The Morgan fingerprint density at radius 3 is 2.77 bits per heavy atom. The van der Waals surface area contributed by atoms with E-state index in [1.54, 1.807) is 6.20 Å². The van der Waals surface area contributed by atoms with Crippen LogP contribution in [-0.2, 0) is 13.5 Å². The number of para-hydroxylation sites is 1. The van der Waals surface area contributed by atoms with Gasteiger partial charge in [0, 0.05) is 22.2 Å². The minimum atomic E-state index is -2.12. The molecule has 2 aromatic carbocycles. The third-order valence-corrected chi connectivity index (χ3v) is 5.41. The predicted molar refractivity (Wildman–Crippen MR) is 105 cm³/mol. The molecule has 1 aliphatic rings. The van der Waals surface area contributed by atoms with Gasteiger partial charge in [-0.15, -0.1) is 0 Å². The molecule has 3 nitrogen and oxygen atoms in total. The number of aryl methyl sites for hydroxylation is 4. The summed E-state index contributed by atoms with van der Waals surface area (Å²) in [5.74, 6) is 1.07. The zero-order valence-electron chi connectivity index (χ0n) is 18.2. The van der Waals surface area contributed by atoms with Crippen LogP contribution in [0.1, 0.15) is 32.2 Å². The molecule has 2 aromatic heterocycles. The van der Waals surface area contributed by atoms with Crippen LogP contribution in [0, 0.1) is 20.7 Å². The highest BCUT2D eigenvalue weighted by atomic mass is 15.1. The van der Waals surface area contributed by atoms with E-state index in [-0.39, 0.29) is 0 Å². The van der Waals surface area contributed by atoms with Crippen molar-refractivity contribution in [3.63, 3.8) is 0 Å². The first-order chi connectivity index (χ1) is 13.7. The van der Waals surface area contributed by atoms with Gasteiger partial charge in [0.05, 0.1) is 22.3 Å². The Hall–Kier alpha value is -2.94. The van der Waals surface area contributed by atoms with Crippen molar-refractivity contribution in [2.24, 2.45) is 7.05 Å². The average Bonchev–Trinajstić information content (AvgIpc) is 3.17. The van der Waals surface area contributed by atoms with E-state index in [2.05, 4.69) is 47.9 Å². The van der Waals surface area contributed by atoms with Crippen molar-refractivity contribution in [2.45, 2.75) is 27.1 Å². The molecule has 0 N–H and O–H groups in total. The maximum Gasteiger partial charge on any atom is 0.212 e. The van der Waals surface area contributed by atoms with Crippen molar-refractivity contribution in [2.75, 3.05) is 0 Å². The van der Waals surface area contributed by atoms with Gasteiger partial charge < -0.3 is 0 Å². The van der Waals surface area contributed by atoms with Crippen LogP contribution in [0.2, 0.25) is 0 Å². The Labute approximate surface area is 157 Å². The van der Waals surface area contributed by atoms with Gasteiger partial charge in [0.15, 0.2) is 6.20 Å². The Balaban J connectivity index is 1.74. The number of aromatic nitrogens is 3. The molecule has 0 unspecified atom stereocenters. The van der Waals surface area contributed by atoms with Crippen LogP contribution in [0.5, 0.6) is 0 Å². The molecule has 0 aliphatic carbocycles. The topological polar surface area (TPSA) is 21.7 Å². The molecule has 0 bridgehead atoms. The van der Waals surface area contributed by atoms with E-state index in [1.807, 2.05) is 24.6 Å². The zero-order chi connectivity index (χ0) is 20.5. The van der Waals surface area contributed by atoms with Gasteiger partial charge in [0.1, 0.15) is 12.9 Å². The molecule has 26 heavy (non-hydrogen) atoms. The van der Waals surface area contributed by atoms with E-state index in [0.717, 1.165) is 45.7 Å². The van der Waals surface area contributed by atoms with Gasteiger partial charge in [0.2, 0.25) is 5.69 Å². The first-order valence-electron chi connectivity index (χ1n) is 10.4. The minimum absolute atomic E-state index is 0.390. The molecule has 0 atom stereocenters. The van der Waals surface area contributed by atoms with Gasteiger partial charge in [-0.3, -0.25) is 4.57 Å². The molecule has 0 radical (unpaired) electrons. The van der Waals surface area contributed by atoms with Crippen molar-refractivity contribution in [3.8, 4) is 16.9 Å². The Kier molecular flexibility index (Phi) is 2.52. The van der Waals surface area contributed by atoms with E-state index >= 15 is 0 Å². The lowest BCUT2D eigenvalue weighted by Gasteiger charge is -2.09. The Morgan fingerprint density at radius 1 is 1.08 bits per heavy atom. The lowest BCUT2D eigenvalue weighted by Crippen LogP contribution is -2.31. The van der Waals surface area contributed by atoms with Crippen LogP contribution in [0.3, 0.4) is 0 Å². The first kappa shape index (κ1) is 12.4. The highest BCUT2D eigenvalue weighted by Gasteiger charge is 2.24. The summed E-state index contributed by atoms with van der Waals surface area (Å²) in [6, 6.07) is 14.7. The third kappa shape index (κ3) is 2.07. The van der Waals surface area contributed by atoms with E-state index in [0.29, 0.717) is 5.56 Å². The zero-order valence-corrected chi connectivity index (χ0v) is 15.2. The van der Waals surface area contributed by atoms with E-state index in [9.17, 15) is 0 Å². The highest BCUT2D eigenvalue weighted by molar-refractivity contribution is 5.86. The number of benzene rings is 2. The molecule has 3 heterocycles. The van der Waals surface area contributed by atoms with E-state index in [1.165, 1.54) is 11.3 Å². The molecule has 128 valence electrons. The van der Waals surface area contributed by atoms with E-state index < -0.39 is 6.85 Å². The monoisotopic (exact) mass is 343 g/mol. The first-order valence-corrected chi connectivity index (χ1v) is 8.85. The number of nitrogens with zero attached hydrogens (tertiary/aromatic N) is 3. The molecule has 0 spiro atoms. The fourth-order valence-electron chi connectivity index (χ4n) is 4.01. The summed E-state index contributed by atoms with van der Waals surface area (Å²) < 4.78 is 27.5. The summed E-state index contributed by atoms with van der Waals surface area (Å²) in [5.41, 5.74) is 8.95. The second-order valence-electron chi connectivity index (χ2n) is 7.19. The number of imidazole rings is 1. The number of rotatable bonds is 1. The maximum atomic E-state index is 7.78. The molecule has 0 saturated carbocycles. The standard InChI is InChI=1S/C23H22N3/c1-14-10-21(25(4)13-16(14)3)18-12-22-19(9-15(18)2)24-23-11-17-7-5-6-8-20(17)26(22)23/h5-10,12-13H,11H2,1-4H3/q+1/i3D3. The quantitative estimate of drug-likeness (QED) is 0.415. The molecule has 3 heteroatoms. The van der Waals surface area contributed by atoms with Gasteiger partial charge in [0.25, 0.3) is 0 Å². The lowest BCUT2D eigenvalue weighted by atomic mass is 10.0. The van der Waals surface area contributed by atoms with E-state index in [4.69, 9.17) is 9.10 Å². The number of hydrogen-bond donors (Lipinski definition) is 0. The van der Waals surface area contributed by atoms with Gasteiger partial charge >= 0.3 is 0 Å². The van der Waals surface area contributed by atoms with Gasteiger partial charge in [-0.05, 0) is 55.6 Å². The molecule has 0 saturated heterocycles. The van der Waals surface area contributed by atoms with Crippen LogP contribution < -0.4 is 4.57 Å². The molecular weight excluding hydrogens is 318 g/mol. The molecular formula is C23H22N3+. The van der Waals surface area contributed by atoms with Crippen molar-refractivity contribution in [1.82, 2.24) is 9.55 Å². The van der Waals surface area contributed by atoms with Gasteiger partial charge in [-0.25, -0.2) is 9.55 Å². The summed E-state index contributed by atoms with van der Waals surface area (Å²) in [6.45, 7) is 1.83. The number of pyridine rings is 1. The highest BCUT2D eigenvalue weighted by Crippen LogP contribution is 2.34.